The van der Waals surface area contributed by atoms with Gasteiger partial charge in [-0.3, -0.25) is 9.36 Å². The minimum Gasteiger partial charge on any atom is -0.478 e. The van der Waals surface area contributed by atoms with Crippen LogP contribution in [0.2, 0.25) is 0 Å². The Kier molecular flexibility index (Phi) is 5.54. The second-order valence-electron chi connectivity index (χ2n) is 6.86. The molecule has 0 atom stereocenters. The van der Waals surface area contributed by atoms with Gasteiger partial charge in [0, 0.05) is 5.92 Å². The predicted molar refractivity (Wildman–Crippen MR) is 105 cm³/mol. The third-order valence-corrected chi connectivity index (χ3v) is 4.41. The fourth-order valence-corrected chi connectivity index (χ4v) is 2.88. The standard InChI is InChI=1S/C21H21N3O4/c1-14(2)18-19(25)23(12-16-8-10-17(11-9-16)20(26)27)21(28)24(22-18)13-15-6-4-3-5-7-15/h3-11,14H,12-13H2,1-2H3,(H,26,27). The Morgan fingerprint density at radius 2 is 1.57 bits per heavy atom. The SMILES string of the molecule is CC(C)c1nn(Cc2ccccc2)c(=O)n(Cc2ccc(C(=O)O)cc2)c1=O. The van der Waals surface area contributed by atoms with Crippen molar-refractivity contribution in [1.29, 1.82) is 0 Å². The zero-order chi connectivity index (χ0) is 20.3. The molecule has 0 spiro atoms. The van der Waals surface area contributed by atoms with Crippen LogP contribution in [0.25, 0.3) is 0 Å². The maximum absolute atomic E-state index is 12.9. The van der Waals surface area contributed by atoms with Crippen LogP contribution in [-0.2, 0) is 13.1 Å². The first kappa shape index (κ1) is 19.3. The average molecular weight is 379 g/mol. The molecule has 1 heterocycles. The number of carboxylic acids is 1. The Labute approximate surface area is 161 Å². The van der Waals surface area contributed by atoms with Crippen LogP contribution in [0.15, 0.2) is 64.2 Å². The minimum atomic E-state index is -1.03. The summed E-state index contributed by atoms with van der Waals surface area (Å²) in [6, 6.07) is 15.5. The van der Waals surface area contributed by atoms with Crippen LogP contribution in [-0.4, -0.2) is 25.4 Å². The van der Waals surface area contributed by atoms with Crippen molar-refractivity contribution < 1.29 is 9.90 Å². The largest absolute Gasteiger partial charge is 0.478 e. The van der Waals surface area contributed by atoms with Crippen molar-refractivity contribution in [2.75, 3.05) is 0 Å². The number of rotatable bonds is 6. The van der Waals surface area contributed by atoms with Crippen molar-refractivity contribution in [3.8, 4) is 0 Å². The first-order valence-corrected chi connectivity index (χ1v) is 8.95. The Bertz CT molecular complexity index is 1100. The summed E-state index contributed by atoms with van der Waals surface area (Å²) in [5.74, 6) is -1.17. The molecule has 0 bridgehead atoms. The van der Waals surface area contributed by atoms with Crippen molar-refractivity contribution in [3.63, 3.8) is 0 Å². The number of hydrogen-bond donors (Lipinski definition) is 1. The van der Waals surface area contributed by atoms with E-state index in [0.717, 1.165) is 10.1 Å². The Balaban J connectivity index is 2.05. The van der Waals surface area contributed by atoms with E-state index in [1.807, 2.05) is 44.2 Å². The number of aromatic nitrogens is 3. The van der Waals surface area contributed by atoms with Crippen LogP contribution in [0.1, 0.15) is 46.9 Å². The summed E-state index contributed by atoms with van der Waals surface area (Å²) in [4.78, 5) is 36.7. The average Bonchev–Trinajstić information content (AvgIpc) is 2.68. The lowest BCUT2D eigenvalue weighted by Gasteiger charge is -2.14. The van der Waals surface area contributed by atoms with Crippen LogP contribution < -0.4 is 11.2 Å². The first-order chi connectivity index (χ1) is 13.4. The number of carbonyl (C=O) groups is 1. The van der Waals surface area contributed by atoms with Crippen molar-refractivity contribution >= 4 is 5.97 Å². The molecular weight excluding hydrogens is 358 g/mol. The molecule has 0 fully saturated rings. The third-order valence-electron chi connectivity index (χ3n) is 4.41. The number of aromatic carboxylic acids is 1. The molecule has 0 amide bonds. The fourth-order valence-electron chi connectivity index (χ4n) is 2.88. The van der Waals surface area contributed by atoms with E-state index in [4.69, 9.17) is 5.11 Å². The molecule has 0 aliphatic carbocycles. The normalized spacial score (nSPS) is 11.0. The zero-order valence-corrected chi connectivity index (χ0v) is 15.7. The van der Waals surface area contributed by atoms with Crippen molar-refractivity contribution in [2.24, 2.45) is 0 Å². The van der Waals surface area contributed by atoms with Gasteiger partial charge in [-0.25, -0.2) is 14.3 Å². The van der Waals surface area contributed by atoms with Crippen LogP contribution >= 0.6 is 0 Å². The summed E-state index contributed by atoms with van der Waals surface area (Å²) in [5, 5.41) is 13.3. The molecule has 2 aromatic carbocycles. The van der Waals surface area contributed by atoms with E-state index < -0.39 is 17.2 Å². The number of carboxylic acid groups (broad SMARTS) is 1. The zero-order valence-electron chi connectivity index (χ0n) is 15.7. The Morgan fingerprint density at radius 3 is 2.14 bits per heavy atom. The van der Waals surface area contributed by atoms with E-state index >= 15 is 0 Å². The van der Waals surface area contributed by atoms with E-state index in [2.05, 4.69) is 5.10 Å². The van der Waals surface area contributed by atoms with E-state index in [1.54, 1.807) is 12.1 Å². The molecule has 1 aromatic heterocycles. The van der Waals surface area contributed by atoms with Crippen LogP contribution in [0.4, 0.5) is 0 Å². The molecule has 3 rings (SSSR count). The van der Waals surface area contributed by atoms with E-state index in [0.29, 0.717) is 11.3 Å². The summed E-state index contributed by atoms with van der Waals surface area (Å²) in [7, 11) is 0. The van der Waals surface area contributed by atoms with Gasteiger partial charge in [-0.15, -0.1) is 0 Å². The van der Waals surface area contributed by atoms with Gasteiger partial charge in [0.15, 0.2) is 0 Å². The minimum absolute atomic E-state index is 0.0502. The second-order valence-corrected chi connectivity index (χ2v) is 6.86. The van der Waals surface area contributed by atoms with Gasteiger partial charge in [0.25, 0.3) is 5.56 Å². The van der Waals surface area contributed by atoms with Gasteiger partial charge in [-0.2, -0.15) is 5.10 Å². The second kappa shape index (κ2) is 8.04. The van der Waals surface area contributed by atoms with Crippen molar-refractivity contribution in [1.82, 2.24) is 14.3 Å². The fraction of sp³-hybridized carbons (Fsp3) is 0.238. The molecular formula is C21H21N3O4. The molecule has 0 aliphatic heterocycles. The maximum atomic E-state index is 12.9. The van der Waals surface area contributed by atoms with Gasteiger partial charge >= 0.3 is 11.7 Å². The highest BCUT2D eigenvalue weighted by molar-refractivity contribution is 5.87. The molecule has 0 saturated heterocycles. The smallest absolute Gasteiger partial charge is 0.348 e. The number of nitrogens with zero attached hydrogens (tertiary/aromatic N) is 3. The quantitative estimate of drug-likeness (QED) is 0.709. The topological polar surface area (TPSA) is 94.2 Å². The molecule has 0 aliphatic rings. The maximum Gasteiger partial charge on any atom is 0.348 e. The molecule has 144 valence electrons. The lowest BCUT2D eigenvalue weighted by molar-refractivity contribution is 0.0697. The Hall–Kier alpha value is -3.48. The van der Waals surface area contributed by atoms with Gasteiger partial charge in [0.05, 0.1) is 18.7 Å². The highest BCUT2D eigenvalue weighted by Crippen LogP contribution is 2.08. The lowest BCUT2D eigenvalue weighted by Crippen LogP contribution is -2.44. The summed E-state index contributed by atoms with van der Waals surface area (Å²) in [6.45, 7) is 4.02. The molecule has 0 saturated carbocycles. The van der Waals surface area contributed by atoms with Crippen molar-refractivity contribution in [3.05, 3.63) is 97.8 Å². The van der Waals surface area contributed by atoms with E-state index in [-0.39, 0.29) is 24.6 Å². The van der Waals surface area contributed by atoms with Gasteiger partial charge in [-0.1, -0.05) is 56.3 Å². The molecule has 7 nitrogen and oxygen atoms in total. The highest BCUT2D eigenvalue weighted by atomic mass is 16.4. The lowest BCUT2D eigenvalue weighted by atomic mass is 10.1. The Morgan fingerprint density at radius 1 is 0.964 bits per heavy atom. The van der Waals surface area contributed by atoms with Crippen molar-refractivity contribution in [2.45, 2.75) is 32.9 Å². The molecule has 0 unspecified atom stereocenters. The first-order valence-electron chi connectivity index (χ1n) is 8.95. The molecule has 0 radical (unpaired) electrons. The molecule has 7 heteroatoms. The number of hydrogen-bond acceptors (Lipinski definition) is 4. The predicted octanol–water partition coefficient (Wildman–Crippen LogP) is 2.32. The van der Waals surface area contributed by atoms with Gasteiger partial charge < -0.3 is 5.11 Å². The summed E-state index contributed by atoms with van der Waals surface area (Å²) in [6.07, 6.45) is 0. The van der Waals surface area contributed by atoms with E-state index in [9.17, 15) is 14.4 Å². The van der Waals surface area contributed by atoms with Crippen LogP contribution in [0.3, 0.4) is 0 Å². The number of benzene rings is 2. The third kappa shape index (κ3) is 4.09. The van der Waals surface area contributed by atoms with Gasteiger partial charge in [0.1, 0.15) is 5.69 Å². The van der Waals surface area contributed by atoms with E-state index in [1.165, 1.54) is 16.8 Å². The highest BCUT2D eigenvalue weighted by Gasteiger charge is 2.16. The summed E-state index contributed by atoms with van der Waals surface area (Å²) in [5.41, 5.74) is 1.11. The van der Waals surface area contributed by atoms with Gasteiger partial charge in [-0.05, 0) is 23.3 Å². The van der Waals surface area contributed by atoms with Gasteiger partial charge in [0.2, 0.25) is 0 Å². The molecule has 1 N–H and O–H groups in total. The van der Waals surface area contributed by atoms with Crippen LogP contribution in [0, 0.1) is 0 Å². The summed E-state index contributed by atoms with van der Waals surface area (Å²) >= 11 is 0. The molecule has 28 heavy (non-hydrogen) atoms. The van der Waals surface area contributed by atoms with Crippen LogP contribution in [0.5, 0.6) is 0 Å². The molecule has 3 aromatic rings. The summed E-state index contributed by atoms with van der Waals surface area (Å²) < 4.78 is 2.46. The monoisotopic (exact) mass is 379 g/mol.